The number of nitrogens with one attached hydrogen (secondary N) is 2. The smallest absolute Gasteiger partial charge is 0.326 e. The van der Waals surface area contributed by atoms with Crippen molar-refractivity contribution in [2.75, 3.05) is 0 Å². The van der Waals surface area contributed by atoms with E-state index < -0.39 is 24.0 Å². The monoisotopic (exact) mass is 272 g/mol. The van der Waals surface area contributed by atoms with Gasteiger partial charge in [0, 0.05) is 12.5 Å². The average molecular weight is 272 g/mol. The molecule has 4 N–H and O–H groups in total. The van der Waals surface area contributed by atoms with Gasteiger partial charge < -0.3 is 20.8 Å². The predicted molar refractivity (Wildman–Crippen MR) is 66.8 cm³/mol. The third-order valence-electron chi connectivity index (χ3n) is 3.19. The quantitative estimate of drug-likeness (QED) is 0.574. The largest absolute Gasteiger partial charge is 0.481 e. The van der Waals surface area contributed by atoms with E-state index in [4.69, 9.17) is 10.2 Å². The summed E-state index contributed by atoms with van der Waals surface area (Å²) in [6.45, 7) is 0. The Morgan fingerprint density at radius 2 is 1.74 bits per heavy atom. The van der Waals surface area contributed by atoms with Crippen molar-refractivity contribution in [1.29, 1.82) is 0 Å². The van der Waals surface area contributed by atoms with Crippen molar-refractivity contribution in [3.05, 3.63) is 0 Å². The summed E-state index contributed by atoms with van der Waals surface area (Å²) in [5.41, 5.74) is 0. The van der Waals surface area contributed by atoms with Crippen LogP contribution in [0.15, 0.2) is 0 Å². The standard InChI is InChI=1S/C12H20N2O5/c15-10(16)7-6-9(11(17)18)14-12(19)13-8-4-2-1-3-5-8/h8-9H,1-7H2,(H,15,16)(H,17,18)(H2,13,14,19). The van der Waals surface area contributed by atoms with E-state index in [2.05, 4.69) is 10.6 Å². The molecule has 1 unspecified atom stereocenters. The first-order chi connectivity index (χ1) is 8.99. The van der Waals surface area contributed by atoms with Crippen LogP contribution in [0.3, 0.4) is 0 Å². The number of amides is 2. The Morgan fingerprint density at radius 1 is 1.11 bits per heavy atom. The van der Waals surface area contributed by atoms with Gasteiger partial charge in [0.2, 0.25) is 0 Å². The number of aliphatic carboxylic acids is 2. The normalized spacial score (nSPS) is 17.5. The maximum Gasteiger partial charge on any atom is 0.326 e. The van der Waals surface area contributed by atoms with Crippen molar-refractivity contribution in [3.8, 4) is 0 Å². The number of hydrogen-bond donors (Lipinski definition) is 4. The molecule has 0 aromatic rings. The zero-order valence-corrected chi connectivity index (χ0v) is 10.7. The molecule has 0 aromatic carbocycles. The molecule has 2 amide bonds. The molecule has 19 heavy (non-hydrogen) atoms. The van der Waals surface area contributed by atoms with Crippen LogP contribution in [0, 0.1) is 0 Å². The fourth-order valence-corrected chi connectivity index (χ4v) is 2.16. The molecule has 0 aliphatic heterocycles. The topological polar surface area (TPSA) is 116 Å². The molecule has 7 nitrogen and oxygen atoms in total. The highest BCUT2D eigenvalue weighted by molar-refractivity contribution is 5.83. The van der Waals surface area contributed by atoms with Gasteiger partial charge in [0.05, 0.1) is 0 Å². The average Bonchev–Trinajstić information content (AvgIpc) is 2.35. The summed E-state index contributed by atoms with van der Waals surface area (Å²) in [7, 11) is 0. The summed E-state index contributed by atoms with van der Waals surface area (Å²) in [5, 5.41) is 22.5. The van der Waals surface area contributed by atoms with Gasteiger partial charge in [-0.15, -0.1) is 0 Å². The Balaban J connectivity index is 2.37. The van der Waals surface area contributed by atoms with Crippen LogP contribution in [0.25, 0.3) is 0 Å². The molecule has 1 atom stereocenters. The summed E-state index contributed by atoms with van der Waals surface area (Å²) in [5.74, 6) is -2.30. The van der Waals surface area contributed by atoms with Crippen molar-refractivity contribution >= 4 is 18.0 Å². The van der Waals surface area contributed by atoms with Crippen molar-refractivity contribution in [2.45, 2.75) is 57.0 Å². The van der Waals surface area contributed by atoms with E-state index in [0.717, 1.165) is 32.1 Å². The number of hydrogen-bond acceptors (Lipinski definition) is 3. The third kappa shape index (κ3) is 6.08. The maximum atomic E-state index is 11.6. The molecular weight excluding hydrogens is 252 g/mol. The van der Waals surface area contributed by atoms with Crippen molar-refractivity contribution in [3.63, 3.8) is 0 Å². The van der Waals surface area contributed by atoms with Gasteiger partial charge in [0.15, 0.2) is 0 Å². The highest BCUT2D eigenvalue weighted by Crippen LogP contribution is 2.17. The number of carboxylic acid groups (broad SMARTS) is 2. The van der Waals surface area contributed by atoms with Crippen molar-refractivity contribution in [1.82, 2.24) is 10.6 Å². The second-order valence-corrected chi connectivity index (χ2v) is 4.78. The molecule has 0 radical (unpaired) electrons. The third-order valence-corrected chi connectivity index (χ3v) is 3.19. The summed E-state index contributed by atoms with van der Waals surface area (Å²) < 4.78 is 0. The second kappa shape index (κ2) is 7.60. The number of carboxylic acids is 2. The number of rotatable bonds is 6. The molecule has 7 heteroatoms. The van der Waals surface area contributed by atoms with E-state index in [-0.39, 0.29) is 18.9 Å². The van der Waals surface area contributed by atoms with E-state index >= 15 is 0 Å². The lowest BCUT2D eigenvalue weighted by Gasteiger charge is -2.24. The summed E-state index contributed by atoms with van der Waals surface area (Å²) in [6.07, 6.45) is 4.68. The van der Waals surface area contributed by atoms with Crippen LogP contribution in [0.5, 0.6) is 0 Å². The first kappa shape index (κ1) is 15.3. The fraction of sp³-hybridized carbons (Fsp3) is 0.750. The van der Waals surface area contributed by atoms with E-state index in [1.807, 2.05) is 0 Å². The molecule has 0 aromatic heterocycles. The van der Waals surface area contributed by atoms with Crippen LogP contribution in [0.2, 0.25) is 0 Å². The zero-order chi connectivity index (χ0) is 14.3. The molecule has 0 bridgehead atoms. The Labute approximate surface area is 111 Å². The Kier molecular flexibility index (Phi) is 6.11. The molecule has 1 aliphatic carbocycles. The fourth-order valence-electron chi connectivity index (χ4n) is 2.16. The molecule has 0 saturated heterocycles. The van der Waals surface area contributed by atoms with E-state index in [0.29, 0.717) is 0 Å². The first-order valence-corrected chi connectivity index (χ1v) is 6.50. The number of carbonyl (C=O) groups is 3. The highest BCUT2D eigenvalue weighted by Gasteiger charge is 2.22. The van der Waals surface area contributed by atoms with Crippen molar-refractivity contribution in [2.24, 2.45) is 0 Å². The molecule has 0 heterocycles. The van der Waals surface area contributed by atoms with E-state index in [1.165, 1.54) is 0 Å². The lowest BCUT2D eigenvalue weighted by atomic mass is 9.96. The summed E-state index contributed by atoms with van der Waals surface area (Å²) in [4.78, 5) is 32.9. The lowest BCUT2D eigenvalue weighted by Crippen LogP contribution is -2.49. The molecule has 1 saturated carbocycles. The van der Waals surface area contributed by atoms with E-state index in [1.54, 1.807) is 0 Å². The van der Waals surface area contributed by atoms with Gasteiger partial charge in [-0.05, 0) is 19.3 Å². The summed E-state index contributed by atoms with van der Waals surface area (Å²) in [6, 6.07) is -1.62. The van der Waals surface area contributed by atoms with Gasteiger partial charge in [0.1, 0.15) is 6.04 Å². The van der Waals surface area contributed by atoms with Crippen LogP contribution in [0.4, 0.5) is 4.79 Å². The van der Waals surface area contributed by atoms with Crippen LogP contribution < -0.4 is 10.6 Å². The number of carbonyl (C=O) groups excluding carboxylic acids is 1. The lowest BCUT2D eigenvalue weighted by molar-refractivity contribution is -0.140. The molecular formula is C12H20N2O5. The van der Waals surface area contributed by atoms with Gasteiger partial charge >= 0.3 is 18.0 Å². The Morgan fingerprint density at radius 3 is 2.26 bits per heavy atom. The van der Waals surface area contributed by atoms with Crippen LogP contribution in [-0.2, 0) is 9.59 Å². The van der Waals surface area contributed by atoms with Crippen LogP contribution >= 0.6 is 0 Å². The highest BCUT2D eigenvalue weighted by atomic mass is 16.4. The molecule has 1 aliphatic rings. The molecule has 1 fully saturated rings. The Bertz CT molecular complexity index is 339. The van der Waals surface area contributed by atoms with Crippen LogP contribution in [-0.4, -0.2) is 40.3 Å². The SMILES string of the molecule is O=C(O)CCC(NC(=O)NC1CCCCC1)C(=O)O. The minimum Gasteiger partial charge on any atom is -0.481 e. The molecule has 108 valence electrons. The van der Waals surface area contributed by atoms with Gasteiger partial charge in [-0.25, -0.2) is 9.59 Å². The molecule has 0 spiro atoms. The van der Waals surface area contributed by atoms with Gasteiger partial charge in [-0.1, -0.05) is 19.3 Å². The maximum absolute atomic E-state index is 11.6. The van der Waals surface area contributed by atoms with Gasteiger partial charge in [-0.2, -0.15) is 0 Å². The van der Waals surface area contributed by atoms with Crippen LogP contribution in [0.1, 0.15) is 44.9 Å². The van der Waals surface area contributed by atoms with Crippen molar-refractivity contribution < 1.29 is 24.6 Å². The van der Waals surface area contributed by atoms with E-state index in [9.17, 15) is 14.4 Å². The minimum absolute atomic E-state index is 0.0858. The second-order valence-electron chi connectivity index (χ2n) is 4.78. The molecule has 1 rings (SSSR count). The Hall–Kier alpha value is -1.79. The first-order valence-electron chi connectivity index (χ1n) is 6.50. The summed E-state index contributed by atoms with van der Waals surface area (Å²) >= 11 is 0. The number of urea groups is 1. The minimum atomic E-state index is -1.22. The predicted octanol–water partition coefficient (Wildman–Crippen LogP) is 0.936. The van der Waals surface area contributed by atoms with Gasteiger partial charge in [-0.3, -0.25) is 4.79 Å². The zero-order valence-electron chi connectivity index (χ0n) is 10.7. The van der Waals surface area contributed by atoms with Gasteiger partial charge in [0.25, 0.3) is 0 Å².